The van der Waals surface area contributed by atoms with Gasteiger partial charge in [-0.25, -0.2) is 0 Å². The van der Waals surface area contributed by atoms with Crippen LogP contribution in [-0.2, 0) is 0 Å². The lowest BCUT2D eigenvalue weighted by Crippen LogP contribution is -2.04. The van der Waals surface area contributed by atoms with E-state index in [-0.39, 0.29) is 13.2 Å². The molecule has 0 saturated heterocycles. The first-order chi connectivity index (χ1) is 6.27. The number of nitrogen functional groups attached to an aromatic ring is 1. The highest BCUT2D eigenvalue weighted by atomic mass is 16.5. The number of hydrogen-bond donors (Lipinski definition) is 2. The minimum Gasteiger partial charge on any atom is -0.479 e. The molecule has 0 aliphatic heterocycles. The molecular weight excluding hydrogens is 172 g/mol. The Kier molecular flexibility index (Phi) is 3.33. The van der Waals surface area contributed by atoms with Gasteiger partial charge in [0.1, 0.15) is 6.61 Å². The fraction of sp³-hybridized carbons (Fsp3) is 0.375. The Morgan fingerprint density at radius 2 is 2.31 bits per heavy atom. The van der Waals surface area contributed by atoms with Gasteiger partial charge in [0.05, 0.1) is 19.4 Å². The van der Waals surface area contributed by atoms with E-state index in [1.54, 1.807) is 12.1 Å². The largest absolute Gasteiger partial charge is 0.479 e. The minimum absolute atomic E-state index is 0.0473. The van der Waals surface area contributed by atoms with Crippen LogP contribution >= 0.6 is 0 Å². The summed E-state index contributed by atoms with van der Waals surface area (Å²) < 4.78 is 9.94. The van der Waals surface area contributed by atoms with Crippen molar-refractivity contribution in [3.8, 4) is 11.8 Å². The van der Waals surface area contributed by atoms with Crippen LogP contribution in [0.4, 0.5) is 5.69 Å². The van der Waals surface area contributed by atoms with Gasteiger partial charge in [0.2, 0.25) is 11.8 Å². The van der Waals surface area contributed by atoms with Crippen molar-refractivity contribution in [2.45, 2.75) is 0 Å². The summed E-state index contributed by atoms with van der Waals surface area (Å²) in [5.74, 6) is 0.718. The third kappa shape index (κ3) is 2.48. The van der Waals surface area contributed by atoms with Crippen molar-refractivity contribution in [3.63, 3.8) is 0 Å². The lowest BCUT2D eigenvalue weighted by atomic mass is 10.4. The van der Waals surface area contributed by atoms with E-state index >= 15 is 0 Å². The first kappa shape index (κ1) is 9.60. The van der Waals surface area contributed by atoms with Gasteiger partial charge in [0.15, 0.2) is 0 Å². The summed E-state index contributed by atoms with van der Waals surface area (Å²) in [5.41, 5.74) is 5.99. The molecule has 0 aromatic carbocycles. The summed E-state index contributed by atoms with van der Waals surface area (Å²) in [6, 6.07) is 3.26. The molecule has 0 unspecified atom stereocenters. The van der Waals surface area contributed by atoms with E-state index < -0.39 is 0 Å². The molecule has 0 fully saturated rings. The van der Waals surface area contributed by atoms with Gasteiger partial charge in [-0.1, -0.05) is 0 Å². The summed E-state index contributed by atoms with van der Waals surface area (Å²) in [5, 5.41) is 8.50. The van der Waals surface area contributed by atoms with E-state index in [0.29, 0.717) is 17.4 Å². The smallest absolute Gasteiger partial charge is 0.240 e. The fourth-order valence-electron chi connectivity index (χ4n) is 0.828. The van der Waals surface area contributed by atoms with Crippen molar-refractivity contribution in [2.75, 3.05) is 26.1 Å². The molecule has 1 rings (SSSR count). The summed E-state index contributed by atoms with van der Waals surface area (Å²) in [7, 11) is 1.48. The number of aromatic nitrogens is 1. The maximum atomic E-state index is 8.50. The first-order valence-corrected chi connectivity index (χ1v) is 3.82. The molecule has 3 N–H and O–H groups in total. The molecular formula is C8H12N2O3. The second kappa shape index (κ2) is 4.51. The number of aliphatic hydroxyl groups excluding tert-OH is 1. The van der Waals surface area contributed by atoms with Crippen LogP contribution in [-0.4, -0.2) is 30.4 Å². The maximum absolute atomic E-state index is 8.50. The van der Waals surface area contributed by atoms with Crippen molar-refractivity contribution in [1.82, 2.24) is 4.98 Å². The number of hydrogen-bond acceptors (Lipinski definition) is 5. The normalized spacial score (nSPS) is 9.69. The molecule has 72 valence electrons. The number of nitrogens with two attached hydrogens (primary N) is 1. The van der Waals surface area contributed by atoms with E-state index in [2.05, 4.69) is 4.98 Å². The highest BCUT2D eigenvalue weighted by Gasteiger charge is 2.02. The Hall–Kier alpha value is -1.49. The molecule has 5 nitrogen and oxygen atoms in total. The van der Waals surface area contributed by atoms with E-state index in [0.717, 1.165) is 0 Å². The van der Waals surface area contributed by atoms with Crippen molar-refractivity contribution in [3.05, 3.63) is 12.1 Å². The Balaban J connectivity index is 2.74. The van der Waals surface area contributed by atoms with Crippen molar-refractivity contribution in [2.24, 2.45) is 0 Å². The van der Waals surface area contributed by atoms with Gasteiger partial charge >= 0.3 is 0 Å². The summed E-state index contributed by atoms with van der Waals surface area (Å²) in [4.78, 5) is 3.95. The van der Waals surface area contributed by atoms with Gasteiger partial charge in [0.25, 0.3) is 0 Å². The molecule has 0 bridgehead atoms. The molecule has 0 aliphatic carbocycles. The topological polar surface area (TPSA) is 77.6 Å². The summed E-state index contributed by atoms with van der Waals surface area (Å²) in [6.45, 7) is 0.161. The zero-order valence-corrected chi connectivity index (χ0v) is 7.36. The molecule has 1 heterocycles. The summed E-state index contributed by atoms with van der Waals surface area (Å²) in [6.07, 6.45) is 0. The van der Waals surface area contributed by atoms with Gasteiger partial charge in [-0.3, -0.25) is 0 Å². The standard InChI is InChI=1S/C8H12N2O3/c1-12-8-6(9)2-3-7(10-8)13-5-4-11/h2-3,11H,4-5,9H2,1H3. The molecule has 13 heavy (non-hydrogen) atoms. The van der Waals surface area contributed by atoms with E-state index in [1.807, 2.05) is 0 Å². The monoisotopic (exact) mass is 184 g/mol. The average molecular weight is 184 g/mol. The number of nitrogens with zero attached hydrogens (tertiary/aromatic N) is 1. The minimum atomic E-state index is -0.0473. The van der Waals surface area contributed by atoms with Gasteiger partial charge in [0, 0.05) is 6.07 Å². The fourth-order valence-corrected chi connectivity index (χ4v) is 0.828. The number of pyridine rings is 1. The van der Waals surface area contributed by atoms with Crippen LogP contribution in [0, 0.1) is 0 Å². The molecule has 0 amide bonds. The van der Waals surface area contributed by atoms with Crippen LogP contribution in [0.15, 0.2) is 12.1 Å². The molecule has 0 atom stereocenters. The van der Waals surface area contributed by atoms with Gasteiger partial charge in [-0.2, -0.15) is 4.98 Å². The van der Waals surface area contributed by atoms with Crippen molar-refractivity contribution < 1.29 is 14.6 Å². The average Bonchev–Trinajstić information content (AvgIpc) is 2.16. The van der Waals surface area contributed by atoms with Crippen LogP contribution in [0.3, 0.4) is 0 Å². The van der Waals surface area contributed by atoms with E-state index in [1.165, 1.54) is 7.11 Å². The molecule has 0 radical (unpaired) electrons. The predicted molar refractivity (Wildman–Crippen MR) is 47.8 cm³/mol. The third-order valence-electron chi connectivity index (χ3n) is 1.40. The highest BCUT2D eigenvalue weighted by Crippen LogP contribution is 2.21. The number of anilines is 1. The first-order valence-electron chi connectivity index (χ1n) is 3.82. The molecule has 5 heteroatoms. The Bertz CT molecular complexity index is 278. The molecule has 0 saturated carbocycles. The number of methoxy groups -OCH3 is 1. The predicted octanol–water partition coefficient (Wildman–Crippen LogP) is 0.0435. The molecule has 0 spiro atoms. The zero-order chi connectivity index (χ0) is 9.68. The van der Waals surface area contributed by atoms with Crippen LogP contribution in [0.5, 0.6) is 11.8 Å². The number of ether oxygens (including phenoxy) is 2. The number of rotatable bonds is 4. The highest BCUT2D eigenvalue weighted by molar-refractivity contribution is 5.49. The molecule has 1 aromatic heterocycles. The van der Waals surface area contributed by atoms with Gasteiger partial charge < -0.3 is 20.3 Å². The maximum Gasteiger partial charge on any atom is 0.240 e. The quantitative estimate of drug-likeness (QED) is 0.691. The second-order valence-electron chi connectivity index (χ2n) is 2.32. The van der Waals surface area contributed by atoms with Gasteiger partial charge in [-0.15, -0.1) is 0 Å². The number of aliphatic hydroxyl groups is 1. The Labute approximate surface area is 76.1 Å². The van der Waals surface area contributed by atoms with Crippen LogP contribution in [0.25, 0.3) is 0 Å². The Morgan fingerprint density at radius 3 is 2.92 bits per heavy atom. The SMILES string of the molecule is COc1nc(OCCO)ccc1N. The lowest BCUT2D eigenvalue weighted by Gasteiger charge is -2.06. The second-order valence-corrected chi connectivity index (χ2v) is 2.32. The summed E-state index contributed by atoms with van der Waals surface area (Å²) >= 11 is 0. The van der Waals surface area contributed by atoms with Crippen LogP contribution in [0.2, 0.25) is 0 Å². The van der Waals surface area contributed by atoms with Crippen LogP contribution in [0.1, 0.15) is 0 Å². The van der Waals surface area contributed by atoms with E-state index in [9.17, 15) is 0 Å². The Morgan fingerprint density at radius 1 is 1.54 bits per heavy atom. The van der Waals surface area contributed by atoms with Gasteiger partial charge in [-0.05, 0) is 6.07 Å². The zero-order valence-electron chi connectivity index (χ0n) is 7.36. The molecule has 1 aromatic rings. The van der Waals surface area contributed by atoms with Crippen molar-refractivity contribution >= 4 is 5.69 Å². The van der Waals surface area contributed by atoms with E-state index in [4.69, 9.17) is 20.3 Å². The van der Waals surface area contributed by atoms with Crippen LogP contribution < -0.4 is 15.2 Å². The lowest BCUT2D eigenvalue weighted by molar-refractivity contribution is 0.195. The molecule has 0 aliphatic rings. The van der Waals surface area contributed by atoms with Crippen molar-refractivity contribution in [1.29, 1.82) is 0 Å². The third-order valence-corrected chi connectivity index (χ3v) is 1.40.